The van der Waals surface area contributed by atoms with Gasteiger partial charge >= 0.3 is 6.18 Å². The zero-order valence-corrected chi connectivity index (χ0v) is 12.6. The number of aromatic nitrogens is 2. The van der Waals surface area contributed by atoms with Crippen LogP contribution in [0.15, 0.2) is 0 Å². The van der Waals surface area contributed by atoms with Crippen LogP contribution in [-0.2, 0) is 10.9 Å². The second-order valence-electron chi connectivity index (χ2n) is 5.73. The summed E-state index contributed by atoms with van der Waals surface area (Å²) in [5, 5.41) is 9.36. The molecule has 1 aromatic rings. The van der Waals surface area contributed by atoms with Gasteiger partial charge in [0.05, 0.1) is 6.10 Å². The standard InChI is InChI=1S/C13H18F3N3OS/c1-2-20-9-7-8(12(9)5-3-4-6-12)17-11-19-18-10(21-11)13(14,15)16/h8-9H,2-7H2,1H3,(H,17,19). The number of rotatable bonds is 4. The predicted octanol–water partition coefficient (Wildman–Crippen LogP) is 3.71. The maximum absolute atomic E-state index is 12.6. The molecular formula is C13H18F3N3OS. The Hall–Kier alpha value is -0.890. The minimum absolute atomic E-state index is 0.0695. The monoisotopic (exact) mass is 321 g/mol. The molecular weight excluding hydrogens is 303 g/mol. The van der Waals surface area contributed by atoms with Gasteiger partial charge in [-0.3, -0.25) is 0 Å². The van der Waals surface area contributed by atoms with Crippen molar-refractivity contribution in [2.45, 2.75) is 57.3 Å². The van der Waals surface area contributed by atoms with Crippen LogP contribution in [0.2, 0.25) is 0 Å². The molecule has 3 rings (SSSR count). The summed E-state index contributed by atoms with van der Waals surface area (Å²) < 4.78 is 43.4. The molecule has 1 aromatic heterocycles. The van der Waals surface area contributed by atoms with E-state index in [1.165, 1.54) is 0 Å². The number of anilines is 1. The molecule has 2 aliphatic carbocycles. The molecule has 1 N–H and O–H groups in total. The Balaban J connectivity index is 1.69. The molecule has 2 atom stereocenters. The van der Waals surface area contributed by atoms with Crippen molar-refractivity contribution in [2.24, 2.45) is 5.41 Å². The Morgan fingerprint density at radius 3 is 2.62 bits per heavy atom. The lowest BCUT2D eigenvalue weighted by molar-refractivity contribution is -0.138. The molecule has 2 fully saturated rings. The van der Waals surface area contributed by atoms with E-state index >= 15 is 0 Å². The van der Waals surface area contributed by atoms with Crippen molar-refractivity contribution in [2.75, 3.05) is 11.9 Å². The van der Waals surface area contributed by atoms with Crippen LogP contribution < -0.4 is 5.32 Å². The molecule has 2 unspecified atom stereocenters. The summed E-state index contributed by atoms with van der Waals surface area (Å²) in [6.07, 6.45) is 1.08. The molecule has 8 heteroatoms. The van der Waals surface area contributed by atoms with Gasteiger partial charge in [0.15, 0.2) is 0 Å². The highest BCUT2D eigenvalue weighted by molar-refractivity contribution is 7.15. The molecule has 0 radical (unpaired) electrons. The number of hydrogen-bond donors (Lipinski definition) is 1. The molecule has 0 aromatic carbocycles. The third-order valence-electron chi connectivity index (χ3n) is 4.65. The summed E-state index contributed by atoms with van der Waals surface area (Å²) >= 11 is 0.575. The molecule has 0 aliphatic heterocycles. The van der Waals surface area contributed by atoms with Gasteiger partial charge in [0, 0.05) is 18.1 Å². The Kier molecular flexibility index (Phi) is 3.85. The number of alkyl halides is 3. The van der Waals surface area contributed by atoms with Crippen molar-refractivity contribution >= 4 is 16.5 Å². The first-order valence-corrected chi connectivity index (χ1v) is 8.06. The largest absolute Gasteiger partial charge is 0.445 e. The summed E-state index contributed by atoms with van der Waals surface area (Å²) in [6, 6.07) is 0.144. The molecule has 21 heavy (non-hydrogen) atoms. The predicted molar refractivity (Wildman–Crippen MR) is 73.3 cm³/mol. The normalized spacial score (nSPS) is 27.8. The first-order chi connectivity index (χ1) is 9.95. The van der Waals surface area contributed by atoms with Gasteiger partial charge in [0.2, 0.25) is 10.1 Å². The zero-order valence-electron chi connectivity index (χ0n) is 11.7. The average Bonchev–Trinajstić information content (AvgIpc) is 3.07. The SMILES string of the molecule is CCOC1CC(Nc2nnc(C(F)(F)F)s2)C12CCCC2. The Morgan fingerprint density at radius 2 is 2.05 bits per heavy atom. The minimum atomic E-state index is -4.42. The Morgan fingerprint density at radius 1 is 1.33 bits per heavy atom. The van der Waals surface area contributed by atoms with E-state index in [1.807, 2.05) is 6.92 Å². The zero-order chi connectivity index (χ0) is 15.1. The van der Waals surface area contributed by atoms with Gasteiger partial charge in [-0.15, -0.1) is 10.2 Å². The maximum atomic E-state index is 12.6. The van der Waals surface area contributed by atoms with Crippen molar-refractivity contribution < 1.29 is 17.9 Å². The van der Waals surface area contributed by atoms with Crippen molar-refractivity contribution in [3.8, 4) is 0 Å². The van der Waals surface area contributed by atoms with Crippen molar-refractivity contribution in [1.29, 1.82) is 0 Å². The van der Waals surface area contributed by atoms with Crippen LogP contribution in [0.5, 0.6) is 0 Å². The maximum Gasteiger partial charge on any atom is 0.445 e. The fourth-order valence-corrected chi connectivity index (χ4v) is 4.30. The lowest BCUT2D eigenvalue weighted by atomic mass is 9.60. The number of nitrogens with zero attached hydrogens (tertiary/aromatic N) is 2. The topological polar surface area (TPSA) is 47.0 Å². The van der Waals surface area contributed by atoms with Gasteiger partial charge in [-0.1, -0.05) is 24.2 Å². The molecule has 0 amide bonds. The fourth-order valence-electron chi connectivity index (χ4n) is 3.63. The van der Waals surface area contributed by atoms with E-state index in [0.717, 1.165) is 32.1 Å². The summed E-state index contributed by atoms with van der Waals surface area (Å²) in [7, 11) is 0. The number of ether oxygens (including phenoxy) is 1. The number of hydrogen-bond acceptors (Lipinski definition) is 5. The van der Waals surface area contributed by atoms with Gasteiger partial charge in [0.25, 0.3) is 0 Å². The van der Waals surface area contributed by atoms with Gasteiger partial charge in [-0.05, 0) is 26.2 Å². The van der Waals surface area contributed by atoms with E-state index in [-0.39, 0.29) is 22.7 Å². The lowest BCUT2D eigenvalue weighted by Gasteiger charge is -2.54. The number of nitrogens with one attached hydrogen (secondary N) is 1. The van der Waals surface area contributed by atoms with Gasteiger partial charge in [0.1, 0.15) is 0 Å². The van der Waals surface area contributed by atoms with Crippen LogP contribution >= 0.6 is 11.3 Å². The third kappa shape index (κ3) is 2.63. The Bertz CT molecular complexity index is 499. The van der Waals surface area contributed by atoms with Gasteiger partial charge in [-0.2, -0.15) is 13.2 Å². The van der Waals surface area contributed by atoms with Crippen LogP contribution in [0.3, 0.4) is 0 Å². The third-order valence-corrected chi connectivity index (χ3v) is 5.55. The quantitative estimate of drug-likeness (QED) is 0.918. The lowest BCUT2D eigenvalue weighted by Crippen LogP contribution is -2.60. The minimum Gasteiger partial charge on any atom is -0.378 e. The highest BCUT2D eigenvalue weighted by Gasteiger charge is 2.57. The first-order valence-electron chi connectivity index (χ1n) is 7.24. The van der Waals surface area contributed by atoms with E-state index in [2.05, 4.69) is 15.5 Å². The molecule has 0 saturated heterocycles. The van der Waals surface area contributed by atoms with Crippen molar-refractivity contribution in [3.05, 3.63) is 5.01 Å². The van der Waals surface area contributed by atoms with Crippen LogP contribution in [0, 0.1) is 5.41 Å². The van der Waals surface area contributed by atoms with Crippen LogP contribution in [0.25, 0.3) is 0 Å². The summed E-state index contributed by atoms with van der Waals surface area (Å²) in [6.45, 7) is 2.65. The molecule has 118 valence electrons. The summed E-state index contributed by atoms with van der Waals surface area (Å²) in [5.74, 6) is 0. The Labute approximate surface area is 125 Å². The molecule has 0 bridgehead atoms. The first kappa shape index (κ1) is 15.0. The van der Waals surface area contributed by atoms with Crippen LogP contribution in [0.1, 0.15) is 44.0 Å². The van der Waals surface area contributed by atoms with Gasteiger partial charge in [-0.25, -0.2) is 0 Å². The fraction of sp³-hybridized carbons (Fsp3) is 0.846. The molecule has 1 spiro atoms. The highest BCUT2D eigenvalue weighted by Crippen LogP contribution is 2.55. The molecule has 2 saturated carbocycles. The summed E-state index contributed by atoms with van der Waals surface area (Å²) in [5.41, 5.74) is 0.0695. The smallest absolute Gasteiger partial charge is 0.378 e. The second kappa shape index (κ2) is 5.39. The second-order valence-corrected chi connectivity index (χ2v) is 6.70. The van der Waals surface area contributed by atoms with E-state index in [9.17, 15) is 13.2 Å². The molecule has 1 heterocycles. The van der Waals surface area contributed by atoms with Crippen molar-refractivity contribution in [3.63, 3.8) is 0 Å². The van der Waals surface area contributed by atoms with E-state index in [1.54, 1.807) is 0 Å². The van der Waals surface area contributed by atoms with E-state index in [4.69, 9.17) is 4.74 Å². The molecule has 4 nitrogen and oxygen atoms in total. The number of halogens is 3. The van der Waals surface area contributed by atoms with E-state index < -0.39 is 11.2 Å². The molecule has 2 aliphatic rings. The van der Waals surface area contributed by atoms with Gasteiger partial charge < -0.3 is 10.1 Å². The van der Waals surface area contributed by atoms with E-state index in [0.29, 0.717) is 17.9 Å². The van der Waals surface area contributed by atoms with Crippen LogP contribution in [0.4, 0.5) is 18.3 Å². The summed E-state index contributed by atoms with van der Waals surface area (Å²) in [4.78, 5) is 0. The average molecular weight is 321 g/mol. The van der Waals surface area contributed by atoms with Crippen molar-refractivity contribution in [1.82, 2.24) is 10.2 Å². The van der Waals surface area contributed by atoms with Crippen LogP contribution in [-0.4, -0.2) is 29.0 Å². The highest BCUT2D eigenvalue weighted by atomic mass is 32.1.